The monoisotopic (exact) mass is 354 g/mol. The van der Waals surface area contributed by atoms with Crippen LogP contribution in [-0.4, -0.2) is 36.3 Å². The van der Waals surface area contributed by atoms with E-state index in [-0.39, 0.29) is 35.5 Å². The van der Waals surface area contributed by atoms with Crippen molar-refractivity contribution in [3.8, 4) is 11.5 Å². The normalized spacial score (nSPS) is 29.1. The van der Waals surface area contributed by atoms with Gasteiger partial charge < -0.3 is 9.47 Å². The number of allylic oxidation sites excluding steroid dienone is 2. The molecule has 0 spiro atoms. The van der Waals surface area contributed by atoms with E-state index in [9.17, 15) is 9.59 Å². The van der Waals surface area contributed by atoms with Gasteiger partial charge >= 0.3 is 0 Å². The van der Waals surface area contributed by atoms with Gasteiger partial charge in [0, 0.05) is 11.6 Å². The number of carbonyl (C=O) groups is 2. The maximum absolute atomic E-state index is 12.7. The van der Waals surface area contributed by atoms with Crippen molar-refractivity contribution < 1.29 is 19.1 Å². The van der Waals surface area contributed by atoms with Gasteiger partial charge in [-0.1, -0.05) is 12.2 Å². The van der Waals surface area contributed by atoms with Gasteiger partial charge in [-0.3, -0.25) is 9.59 Å². The number of fused-ring (bicyclic) bond motifs is 5. The van der Waals surface area contributed by atoms with Crippen LogP contribution in [0.25, 0.3) is 0 Å². The zero-order chi connectivity index (χ0) is 18.3. The van der Waals surface area contributed by atoms with Crippen LogP contribution in [0.3, 0.4) is 0 Å². The van der Waals surface area contributed by atoms with Gasteiger partial charge in [-0.05, 0) is 44.2 Å². The average Bonchev–Trinajstić information content (AvgIpc) is 3.30. The zero-order valence-corrected chi connectivity index (χ0v) is 14.9. The third-order valence-corrected chi connectivity index (χ3v) is 5.36. The number of ether oxygens (including phenoxy) is 2. The largest absolute Gasteiger partial charge is 0.494 e. The van der Waals surface area contributed by atoms with Crippen LogP contribution in [0.15, 0.2) is 35.5 Å². The minimum atomic E-state index is -0.235. The Bertz CT molecular complexity index is 771. The number of carbonyl (C=O) groups excluding carboxylic acids is 2. The standard InChI is InChI=1S/C20H22N2O4/c1-3-25-15-8-7-14(16(10-15)26-4-2)11-21-22-19(23)17-12-5-6-13(9-12)18(17)20(22)24/h5-8,10-13,17-18H,3-4,9H2,1-2H3/b21-11-/t12-,13+,17-,18+. The van der Waals surface area contributed by atoms with E-state index >= 15 is 0 Å². The Labute approximate surface area is 152 Å². The lowest BCUT2D eigenvalue weighted by Crippen LogP contribution is -2.28. The molecule has 2 fully saturated rings. The third kappa shape index (κ3) is 2.60. The minimum Gasteiger partial charge on any atom is -0.494 e. The van der Waals surface area contributed by atoms with Crippen molar-refractivity contribution in [3.63, 3.8) is 0 Å². The van der Waals surface area contributed by atoms with Crippen LogP contribution >= 0.6 is 0 Å². The molecule has 136 valence electrons. The summed E-state index contributed by atoms with van der Waals surface area (Å²) in [4.78, 5) is 25.3. The number of hydrogen-bond donors (Lipinski definition) is 0. The first-order chi connectivity index (χ1) is 12.6. The second-order valence-corrected chi connectivity index (χ2v) is 6.80. The van der Waals surface area contributed by atoms with E-state index in [0.717, 1.165) is 11.4 Å². The molecule has 1 saturated heterocycles. The molecule has 6 nitrogen and oxygen atoms in total. The molecule has 4 atom stereocenters. The Hall–Kier alpha value is -2.63. The SMILES string of the molecule is CCOc1ccc(/C=N\N2C(=O)[C@@H]3[C@H](C2=O)[C@@H]2C=C[C@H]3C2)c(OCC)c1. The Morgan fingerprint density at radius 1 is 1.08 bits per heavy atom. The molecule has 2 amide bonds. The van der Waals surface area contributed by atoms with Crippen molar-refractivity contribution in [2.45, 2.75) is 20.3 Å². The van der Waals surface area contributed by atoms with E-state index in [1.807, 2.05) is 26.0 Å². The minimum absolute atomic E-state index is 0.183. The maximum Gasteiger partial charge on any atom is 0.254 e. The van der Waals surface area contributed by atoms with Crippen LogP contribution in [0.4, 0.5) is 0 Å². The molecule has 0 N–H and O–H groups in total. The summed E-state index contributed by atoms with van der Waals surface area (Å²) >= 11 is 0. The predicted octanol–water partition coefficient (Wildman–Crippen LogP) is 2.63. The van der Waals surface area contributed by atoms with Gasteiger partial charge in [0.25, 0.3) is 11.8 Å². The molecule has 0 unspecified atom stereocenters. The van der Waals surface area contributed by atoms with Crippen molar-refractivity contribution in [1.29, 1.82) is 0 Å². The Balaban J connectivity index is 1.57. The van der Waals surface area contributed by atoms with Crippen molar-refractivity contribution in [2.75, 3.05) is 13.2 Å². The summed E-state index contributed by atoms with van der Waals surface area (Å²) in [5, 5.41) is 5.26. The molecule has 0 radical (unpaired) electrons. The third-order valence-electron chi connectivity index (χ3n) is 5.36. The lowest BCUT2D eigenvalue weighted by Gasteiger charge is -2.13. The van der Waals surface area contributed by atoms with Crippen molar-refractivity contribution in [3.05, 3.63) is 35.9 Å². The molecular formula is C20H22N2O4. The van der Waals surface area contributed by atoms with Crippen LogP contribution in [0.1, 0.15) is 25.8 Å². The maximum atomic E-state index is 12.7. The molecule has 6 heteroatoms. The summed E-state index contributed by atoms with van der Waals surface area (Å²) < 4.78 is 11.1. The quantitative estimate of drug-likeness (QED) is 0.447. The summed E-state index contributed by atoms with van der Waals surface area (Å²) in [6, 6.07) is 5.43. The molecule has 1 aromatic rings. The van der Waals surface area contributed by atoms with Crippen LogP contribution in [0.2, 0.25) is 0 Å². The lowest BCUT2D eigenvalue weighted by molar-refractivity contribution is -0.140. The fraction of sp³-hybridized carbons (Fsp3) is 0.450. The summed E-state index contributed by atoms with van der Waals surface area (Å²) in [5.74, 6) is 0.857. The van der Waals surface area contributed by atoms with E-state index in [2.05, 4.69) is 17.3 Å². The van der Waals surface area contributed by atoms with Crippen molar-refractivity contribution in [2.24, 2.45) is 28.8 Å². The van der Waals surface area contributed by atoms with E-state index in [0.29, 0.717) is 30.3 Å². The number of hydrazone groups is 1. The first kappa shape index (κ1) is 16.8. The number of amides is 2. The fourth-order valence-corrected chi connectivity index (χ4v) is 4.28. The van der Waals surface area contributed by atoms with Crippen molar-refractivity contribution >= 4 is 18.0 Å². The van der Waals surface area contributed by atoms with E-state index < -0.39 is 0 Å². The smallest absolute Gasteiger partial charge is 0.254 e. The molecule has 1 saturated carbocycles. The van der Waals surface area contributed by atoms with Gasteiger partial charge in [-0.2, -0.15) is 10.1 Å². The van der Waals surface area contributed by atoms with Gasteiger partial charge in [-0.15, -0.1) is 0 Å². The number of benzene rings is 1. The second-order valence-electron chi connectivity index (χ2n) is 6.80. The Kier molecular flexibility index (Phi) is 4.26. The molecule has 3 aliphatic rings. The summed E-state index contributed by atoms with van der Waals surface area (Å²) in [6.07, 6.45) is 6.58. The highest BCUT2D eigenvalue weighted by Gasteiger charge is 2.59. The molecule has 1 heterocycles. The molecule has 0 aromatic heterocycles. The first-order valence-corrected chi connectivity index (χ1v) is 9.13. The van der Waals surface area contributed by atoms with Gasteiger partial charge in [0.05, 0.1) is 31.3 Å². The lowest BCUT2D eigenvalue weighted by atomic mass is 9.85. The molecule has 2 bridgehead atoms. The van der Waals surface area contributed by atoms with E-state index in [1.165, 1.54) is 6.21 Å². The number of nitrogens with zero attached hydrogens (tertiary/aromatic N) is 2. The molecule has 26 heavy (non-hydrogen) atoms. The number of hydrogen-bond acceptors (Lipinski definition) is 5. The van der Waals surface area contributed by atoms with Crippen LogP contribution in [-0.2, 0) is 9.59 Å². The highest BCUT2D eigenvalue weighted by Crippen LogP contribution is 2.52. The molecule has 1 aromatic carbocycles. The summed E-state index contributed by atoms with van der Waals surface area (Å²) in [6.45, 7) is 4.87. The molecule has 4 rings (SSSR count). The summed E-state index contributed by atoms with van der Waals surface area (Å²) in [5.41, 5.74) is 0.703. The Morgan fingerprint density at radius 2 is 1.73 bits per heavy atom. The van der Waals surface area contributed by atoms with Gasteiger partial charge in [0.2, 0.25) is 0 Å². The molecule has 1 aliphatic heterocycles. The predicted molar refractivity (Wildman–Crippen MR) is 95.9 cm³/mol. The van der Waals surface area contributed by atoms with Crippen LogP contribution in [0, 0.1) is 23.7 Å². The topological polar surface area (TPSA) is 68.2 Å². The number of rotatable bonds is 6. The Morgan fingerprint density at radius 3 is 2.35 bits per heavy atom. The average molecular weight is 354 g/mol. The molecular weight excluding hydrogens is 332 g/mol. The molecule has 2 aliphatic carbocycles. The zero-order valence-electron chi connectivity index (χ0n) is 14.9. The fourth-order valence-electron chi connectivity index (χ4n) is 4.28. The van der Waals surface area contributed by atoms with Crippen LogP contribution in [0.5, 0.6) is 11.5 Å². The second kappa shape index (κ2) is 6.59. The summed E-state index contributed by atoms with van der Waals surface area (Å²) in [7, 11) is 0. The van der Waals surface area contributed by atoms with Gasteiger partial charge in [0.1, 0.15) is 11.5 Å². The van der Waals surface area contributed by atoms with Gasteiger partial charge in [-0.25, -0.2) is 0 Å². The van der Waals surface area contributed by atoms with Crippen molar-refractivity contribution in [1.82, 2.24) is 5.01 Å². The van der Waals surface area contributed by atoms with E-state index in [1.54, 1.807) is 6.07 Å². The highest BCUT2D eigenvalue weighted by atomic mass is 16.5. The number of imide groups is 1. The van der Waals surface area contributed by atoms with E-state index in [4.69, 9.17) is 9.47 Å². The van der Waals surface area contributed by atoms with Gasteiger partial charge in [0.15, 0.2) is 0 Å². The van der Waals surface area contributed by atoms with Crippen LogP contribution < -0.4 is 9.47 Å². The highest BCUT2D eigenvalue weighted by molar-refractivity contribution is 6.06. The first-order valence-electron chi connectivity index (χ1n) is 9.13.